The van der Waals surface area contributed by atoms with Crippen LogP contribution in [-0.4, -0.2) is 15.9 Å². The second-order valence-corrected chi connectivity index (χ2v) is 18.9. The van der Waals surface area contributed by atoms with Crippen LogP contribution in [0.25, 0.3) is 27.7 Å². The van der Waals surface area contributed by atoms with Gasteiger partial charge in [0, 0.05) is 25.5 Å². The number of aromatic nitrogens is 1. The number of hydrogen-bond acceptors (Lipinski definition) is 3. The number of aryl methyl sites for hydroxylation is 2. The van der Waals surface area contributed by atoms with Crippen molar-refractivity contribution in [1.29, 1.82) is 0 Å². The summed E-state index contributed by atoms with van der Waals surface area (Å²) in [5, 5.41) is 11.2. The number of pyridine rings is 1. The van der Waals surface area contributed by atoms with Gasteiger partial charge in [-0.2, -0.15) is 0 Å². The number of fused-ring (bicyclic) bond motifs is 6. The summed E-state index contributed by atoms with van der Waals surface area (Å²) in [5.74, 6) is 5.14. The Labute approximate surface area is 345 Å². The number of aliphatic hydroxyl groups excluding tert-OH is 1. The van der Waals surface area contributed by atoms with Crippen LogP contribution in [0, 0.1) is 60.3 Å². The number of ketones is 1. The van der Waals surface area contributed by atoms with Gasteiger partial charge in [0.2, 0.25) is 0 Å². The van der Waals surface area contributed by atoms with Gasteiger partial charge in [-0.15, -0.1) is 34.9 Å². The molecule has 55 heavy (non-hydrogen) atoms. The molecular weight excluding hydrogens is 851 g/mol. The molecule has 7 atom stereocenters. The number of carbonyl (C=O) groups is 1. The molecule has 0 bridgehead atoms. The quantitative estimate of drug-likeness (QED) is 0.119. The summed E-state index contributed by atoms with van der Waals surface area (Å²) < 4.78 is 0. The number of rotatable bonds is 6. The van der Waals surface area contributed by atoms with Gasteiger partial charge in [-0.1, -0.05) is 96.5 Å². The van der Waals surface area contributed by atoms with Crippen LogP contribution in [0.3, 0.4) is 0 Å². The van der Waals surface area contributed by atoms with Crippen LogP contribution in [0.1, 0.15) is 139 Å². The Morgan fingerprint density at radius 2 is 1.65 bits per heavy atom. The first kappa shape index (κ1) is 41.6. The van der Waals surface area contributed by atoms with E-state index in [1.165, 1.54) is 93.2 Å². The van der Waals surface area contributed by atoms with E-state index in [-0.39, 0.29) is 31.6 Å². The molecule has 4 aliphatic rings. The van der Waals surface area contributed by atoms with Crippen molar-refractivity contribution in [2.24, 2.45) is 40.4 Å². The molecule has 1 aromatic heterocycles. The van der Waals surface area contributed by atoms with Gasteiger partial charge in [0.1, 0.15) is 5.76 Å². The van der Waals surface area contributed by atoms with E-state index in [0.29, 0.717) is 28.2 Å². The van der Waals surface area contributed by atoms with E-state index < -0.39 is 0 Å². The third kappa shape index (κ3) is 8.48. The van der Waals surface area contributed by atoms with Crippen molar-refractivity contribution in [2.45, 2.75) is 132 Å². The fourth-order valence-electron chi connectivity index (χ4n) is 12.2. The summed E-state index contributed by atoms with van der Waals surface area (Å²) >= 11 is 0. The number of carbonyl (C=O) groups excluding carboxylic acids is 1. The van der Waals surface area contributed by atoms with Gasteiger partial charge in [0.15, 0.2) is 5.78 Å². The van der Waals surface area contributed by atoms with E-state index in [4.69, 9.17) is 4.98 Å². The fourth-order valence-corrected chi connectivity index (χ4v) is 12.2. The molecule has 4 aromatic rings. The zero-order valence-electron chi connectivity index (χ0n) is 34.7. The molecule has 0 spiro atoms. The van der Waals surface area contributed by atoms with Crippen molar-refractivity contribution in [1.82, 2.24) is 4.98 Å². The van der Waals surface area contributed by atoms with Gasteiger partial charge in [0.05, 0.1) is 11.1 Å². The zero-order chi connectivity index (χ0) is 38.4. The number of Topliss-reactive ketones (excluding diaryl/α,β-unsaturated/α-hetero) is 1. The van der Waals surface area contributed by atoms with Crippen LogP contribution in [0.15, 0.2) is 72.5 Å². The summed E-state index contributed by atoms with van der Waals surface area (Å²) in [7, 11) is 0. The molecule has 0 aliphatic heterocycles. The Morgan fingerprint density at radius 3 is 2.35 bits per heavy atom. The number of benzene rings is 3. The number of aliphatic hydroxyl groups is 1. The first-order valence-corrected chi connectivity index (χ1v) is 21.2. The Hall–Kier alpha value is -3.07. The van der Waals surface area contributed by atoms with Crippen LogP contribution in [-0.2, 0) is 31.3 Å². The molecule has 4 fully saturated rings. The van der Waals surface area contributed by atoms with Crippen LogP contribution < -0.4 is 0 Å². The molecule has 295 valence electrons. The Morgan fingerprint density at radius 1 is 0.891 bits per heavy atom. The summed E-state index contributed by atoms with van der Waals surface area (Å²) in [6.45, 7) is 17.1. The molecule has 1 radical (unpaired) electrons. The third-order valence-electron chi connectivity index (χ3n) is 14.7. The van der Waals surface area contributed by atoms with Crippen molar-refractivity contribution in [3.8, 4) is 11.3 Å². The van der Waals surface area contributed by atoms with Crippen LogP contribution in [0.2, 0.25) is 0 Å². The molecule has 4 aliphatic carbocycles. The monoisotopic (exact) mass is 915 g/mol. The van der Waals surface area contributed by atoms with E-state index in [2.05, 4.69) is 102 Å². The predicted octanol–water partition coefficient (Wildman–Crippen LogP) is 13.6. The van der Waals surface area contributed by atoms with Gasteiger partial charge < -0.3 is 5.11 Å². The van der Waals surface area contributed by atoms with Gasteiger partial charge in [-0.3, -0.25) is 9.78 Å². The summed E-state index contributed by atoms with van der Waals surface area (Å²) in [4.78, 5) is 16.8. The van der Waals surface area contributed by atoms with Crippen LogP contribution in [0.5, 0.6) is 0 Å². The molecule has 3 aromatic carbocycles. The van der Waals surface area contributed by atoms with Crippen molar-refractivity contribution in [3.63, 3.8) is 0 Å². The normalized spacial score (nSPS) is 28.9. The Kier molecular flexibility index (Phi) is 12.7. The second-order valence-electron chi connectivity index (χ2n) is 18.9. The molecule has 4 heteroatoms. The van der Waals surface area contributed by atoms with Crippen LogP contribution >= 0.6 is 0 Å². The minimum Gasteiger partial charge on any atom is -0.512 e. The average Bonchev–Trinajstić information content (AvgIpc) is 3.53. The van der Waals surface area contributed by atoms with E-state index in [1.807, 2.05) is 12.1 Å². The maximum atomic E-state index is 12.0. The van der Waals surface area contributed by atoms with E-state index >= 15 is 0 Å². The molecule has 8 rings (SSSR count). The molecule has 1 N–H and O–H groups in total. The van der Waals surface area contributed by atoms with Gasteiger partial charge in [-0.25, -0.2) is 0 Å². The molecule has 3 nitrogen and oxygen atoms in total. The molecular formula is C51H64IrNO2-. The van der Waals surface area contributed by atoms with Gasteiger partial charge >= 0.3 is 0 Å². The number of allylic oxidation sites excluding steroid dienone is 2. The smallest absolute Gasteiger partial charge is 0.163 e. The van der Waals surface area contributed by atoms with E-state index in [0.717, 1.165) is 58.0 Å². The maximum absolute atomic E-state index is 12.0. The summed E-state index contributed by atoms with van der Waals surface area (Å²) in [5.41, 5.74) is 10.8. The zero-order valence-corrected chi connectivity index (χ0v) is 37.1. The molecule has 1 heterocycles. The molecule has 0 amide bonds. The first-order chi connectivity index (χ1) is 25.8. The average molecular weight is 915 g/mol. The number of hydrogen-bond donors (Lipinski definition) is 1. The van der Waals surface area contributed by atoms with E-state index in [9.17, 15) is 9.90 Å². The SMILES string of the molecule is CC(=O)/C(=C(/C)O)c1ccc(C2CC[C@]3(C)[C@H](CC[C@@H]4[C@H]5CCC[C@]5(C)CC[C@H]43)C2)cc1.Cc1[c-]c(-c2ccc3c(CC(C)C)cccc3n2)cc(C)c1.[Ir]. The number of nitrogens with zero attached hydrogens (tertiary/aromatic N) is 1. The predicted molar refractivity (Wildman–Crippen MR) is 225 cm³/mol. The minimum absolute atomic E-state index is 0. The fraction of sp³-hybridized carbons (Fsp3) is 0.529. The standard InChI is InChI=1S/C30H42O2.C21H22N.Ir/c1-19(31)28(20(2)32)22-9-7-21(8-10-22)23-13-17-30(4)24(18-23)11-12-25-26-6-5-15-29(26,3)16-14-27(25)30;1-14(2)10-17-6-5-7-21-19(17)8-9-20(22-21)18-12-15(3)11-16(4)13-18;/h7-10,23-27,31H,5-6,11-18H2,1-4H3;5-9,11-12,14H,10H2,1-4H3;/q;-1;/b28-19+;;/t23?,24-,25-,26-,27-,29-,30-;;/m1../s1. The molecule has 0 saturated heterocycles. The Bertz CT molecular complexity index is 2000. The summed E-state index contributed by atoms with van der Waals surface area (Å²) in [6.07, 6.45) is 15.4. The second kappa shape index (κ2) is 16.8. The molecule has 4 saturated carbocycles. The minimum atomic E-state index is -0.0752. The topological polar surface area (TPSA) is 50.2 Å². The maximum Gasteiger partial charge on any atom is 0.163 e. The third-order valence-corrected chi connectivity index (χ3v) is 14.7. The van der Waals surface area contributed by atoms with Crippen molar-refractivity contribution in [2.75, 3.05) is 0 Å². The van der Waals surface area contributed by atoms with Crippen molar-refractivity contribution in [3.05, 3.63) is 106 Å². The van der Waals surface area contributed by atoms with Gasteiger partial charge in [0.25, 0.3) is 0 Å². The first-order valence-electron chi connectivity index (χ1n) is 21.2. The van der Waals surface area contributed by atoms with Crippen LogP contribution in [0.4, 0.5) is 0 Å². The van der Waals surface area contributed by atoms with Crippen molar-refractivity contribution < 1.29 is 30.0 Å². The van der Waals surface area contributed by atoms with Crippen molar-refractivity contribution >= 4 is 22.3 Å². The van der Waals surface area contributed by atoms with E-state index in [1.54, 1.807) is 6.92 Å². The summed E-state index contributed by atoms with van der Waals surface area (Å²) in [6, 6.07) is 27.0. The Balaban J connectivity index is 0.000000196. The largest absolute Gasteiger partial charge is 0.512 e. The van der Waals surface area contributed by atoms with Gasteiger partial charge in [-0.05, 0) is 153 Å². The molecule has 1 unspecified atom stereocenters.